The third-order valence-electron chi connectivity index (χ3n) is 3.70. The zero-order valence-corrected chi connectivity index (χ0v) is 11.4. The van der Waals surface area contributed by atoms with Crippen LogP contribution in [0.5, 0.6) is 0 Å². The van der Waals surface area contributed by atoms with Gasteiger partial charge in [-0.25, -0.2) is 0 Å². The first-order chi connectivity index (χ1) is 9.96. The molecule has 2 rings (SSSR count). The molecule has 0 aromatic heterocycles. The normalized spacial score (nSPS) is 48.3. The van der Waals surface area contributed by atoms with Crippen molar-refractivity contribution in [2.75, 3.05) is 13.2 Å². The molecule has 2 heterocycles. The molecule has 2 aliphatic heterocycles. The molecule has 0 amide bonds. The predicted octanol–water partition coefficient (Wildman–Crippen LogP) is -3.34. The van der Waals surface area contributed by atoms with E-state index in [2.05, 4.69) is 0 Å². The Bertz CT molecular complexity index is 316. The lowest BCUT2D eigenvalue weighted by Crippen LogP contribution is -2.57. The number of hydrogen-bond acceptors (Lipinski definition) is 9. The lowest BCUT2D eigenvalue weighted by atomic mass is 10.0. The van der Waals surface area contributed by atoms with Gasteiger partial charge < -0.3 is 44.8 Å². The number of rotatable bonds is 4. The fourth-order valence-electron chi connectivity index (χ4n) is 2.50. The number of hydrogen-bond donors (Lipinski definition) is 6. The van der Waals surface area contributed by atoms with Crippen molar-refractivity contribution in [2.45, 2.75) is 62.0 Å². The average molecular weight is 310 g/mol. The van der Waals surface area contributed by atoms with Crippen molar-refractivity contribution in [3.05, 3.63) is 0 Å². The second-order valence-electron chi connectivity index (χ2n) is 5.34. The average Bonchev–Trinajstić information content (AvgIpc) is 2.46. The Morgan fingerprint density at radius 3 is 2.00 bits per heavy atom. The second-order valence-corrected chi connectivity index (χ2v) is 5.34. The lowest BCUT2D eigenvalue weighted by molar-refractivity contribution is -0.338. The molecule has 2 aliphatic rings. The van der Waals surface area contributed by atoms with Crippen LogP contribution in [0.3, 0.4) is 0 Å². The Balaban J connectivity index is 1.98. The monoisotopic (exact) mass is 310 g/mol. The molecule has 0 unspecified atom stereocenters. The highest BCUT2D eigenvalue weighted by atomic mass is 16.7. The molecule has 2 saturated heterocycles. The van der Waals surface area contributed by atoms with Crippen molar-refractivity contribution in [2.24, 2.45) is 0 Å². The van der Waals surface area contributed by atoms with Crippen LogP contribution in [0.15, 0.2) is 0 Å². The highest BCUT2D eigenvalue weighted by molar-refractivity contribution is 4.86. The van der Waals surface area contributed by atoms with E-state index < -0.39 is 49.2 Å². The van der Waals surface area contributed by atoms with Crippen LogP contribution in [0.1, 0.15) is 12.8 Å². The molecule has 8 atom stereocenters. The zero-order valence-electron chi connectivity index (χ0n) is 11.4. The van der Waals surface area contributed by atoms with E-state index in [1.165, 1.54) is 0 Å². The minimum absolute atomic E-state index is 0.0486. The summed E-state index contributed by atoms with van der Waals surface area (Å²) in [5, 5.41) is 57.2. The van der Waals surface area contributed by atoms with Crippen LogP contribution in [0.2, 0.25) is 0 Å². The molecule has 0 spiro atoms. The quantitative estimate of drug-likeness (QED) is 0.313. The van der Waals surface area contributed by atoms with Crippen molar-refractivity contribution >= 4 is 0 Å². The van der Waals surface area contributed by atoms with Crippen molar-refractivity contribution in [1.82, 2.24) is 0 Å². The summed E-state index contributed by atoms with van der Waals surface area (Å²) in [6, 6.07) is 0. The Labute approximate surface area is 121 Å². The van der Waals surface area contributed by atoms with Crippen LogP contribution in [0, 0.1) is 0 Å². The Kier molecular flexibility index (Phi) is 5.88. The van der Waals surface area contributed by atoms with Gasteiger partial charge in [-0.2, -0.15) is 0 Å². The van der Waals surface area contributed by atoms with Gasteiger partial charge in [0.15, 0.2) is 12.6 Å². The van der Waals surface area contributed by atoms with Crippen LogP contribution in [0.25, 0.3) is 0 Å². The lowest BCUT2D eigenvalue weighted by Gasteiger charge is -2.42. The van der Waals surface area contributed by atoms with Gasteiger partial charge in [0.25, 0.3) is 0 Å². The van der Waals surface area contributed by atoms with Crippen LogP contribution in [-0.4, -0.2) is 93.1 Å². The van der Waals surface area contributed by atoms with Crippen LogP contribution in [-0.2, 0) is 14.2 Å². The molecular weight excluding hydrogens is 288 g/mol. The summed E-state index contributed by atoms with van der Waals surface area (Å²) in [6.45, 7) is -0.711. The minimum atomic E-state index is -1.51. The molecule has 0 saturated carbocycles. The number of ether oxygens (including phenoxy) is 3. The first kappa shape index (κ1) is 17.0. The van der Waals surface area contributed by atoms with E-state index in [9.17, 15) is 20.4 Å². The Hall–Kier alpha value is -0.360. The molecule has 0 aromatic rings. The third-order valence-corrected chi connectivity index (χ3v) is 3.70. The van der Waals surface area contributed by atoms with E-state index in [4.69, 9.17) is 24.4 Å². The van der Waals surface area contributed by atoms with E-state index in [0.29, 0.717) is 0 Å². The summed E-state index contributed by atoms with van der Waals surface area (Å²) >= 11 is 0. The Morgan fingerprint density at radius 2 is 1.43 bits per heavy atom. The molecule has 0 aliphatic carbocycles. The molecule has 0 aromatic carbocycles. The molecule has 2 fully saturated rings. The van der Waals surface area contributed by atoms with Gasteiger partial charge in [-0.3, -0.25) is 0 Å². The van der Waals surface area contributed by atoms with E-state index in [-0.39, 0.29) is 26.1 Å². The molecule has 6 N–H and O–H groups in total. The van der Waals surface area contributed by atoms with Crippen LogP contribution < -0.4 is 0 Å². The van der Waals surface area contributed by atoms with Gasteiger partial charge in [0.2, 0.25) is 0 Å². The molecule has 124 valence electrons. The van der Waals surface area contributed by atoms with E-state index >= 15 is 0 Å². The molecular formula is C12H22O9. The predicted molar refractivity (Wildman–Crippen MR) is 65.8 cm³/mol. The van der Waals surface area contributed by atoms with E-state index in [0.717, 1.165) is 0 Å². The standard InChI is InChI=1S/C12H22O9/c13-3-5-2-8(16)10(11(18)19-5)21-12-9(17)7(15)1-6(4-14)20-12/h5-18H,1-4H2/t5-,6-,7+,8+,9-,10-,11+,12-/m0/s1. The first-order valence-corrected chi connectivity index (χ1v) is 6.86. The zero-order chi connectivity index (χ0) is 15.6. The van der Waals surface area contributed by atoms with Gasteiger partial charge in [0, 0.05) is 12.8 Å². The molecule has 21 heavy (non-hydrogen) atoms. The van der Waals surface area contributed by atoms with Crippen molar-refractivity contribution in [1.29, 1.82) is 0 Å². The maximum atomic E-state index is 9.92. The summed E-state index contributed by atoms with van der Waals surface area (Å²) in [4.78, 5) is 0. The smallest absolute Gasteiger partial charge is 0.187 e. The number of aliphatic hydroxyl groups is 6. The summed E-state index contributed by atoms with van der Waals surface area (Å²) in [5.41, 5.74) is 0. The summed E-state index contributed by atoms with van der Waals surface area (Å²) in [6.07, 6.45) is -8.98. The SMILES string of the molecule is OC[C@@H]1C[C@@H](O)[C@H](O)[C@H](O[C@H]2[C@H](O)C[C@@H](CO)O[C@H]2O)O1. The third kappa shape index (κ3) is 3.89. The fraction of sp³-hybridized carbons (Fsp3) is 1.00. The largest absolute Gasteiger partial charge is 0.394 e. The second kappa shape index (κ2) is 7.27. The molecule has 0 bridgehead atoms. The minimum Gasteiger partial charge on any atom is -0.394 e. The summed E-state index contributed by atoms with van der Waals surface area (Å²) in [5.74, 6) is 0. The molecule has 0 radical (unpaired) electrons. The highest BCUT2D eigenvalue weighted by Gasteiger charge is 2.44. The van der Waals surface area contributed by atoms with Crippen molar-refractivity contribution < 1.29 is 44.8 Å². The summed E-state index contributed by atoms with van der Waals surface area (Å²) < 4.78 is 15.6. The summed E-state index contributed by atoms with van der Waals surface area (Å²) in [7, 11) is 0. The van der Waals surface area contributed by atoms with Gasteiger partial charge in [-0.05, 0) is 0 Å². The fourth-order valence-corrected chi connectivity index (χ4v) is 2.50. The van der Waals surface area contributed by atoms with E-state index in [1.54, 1.807) is 0 Å². The van der Waals surface area contributed by atoms with Gasteiger partial charge in [0.1, 0.15) is 12.2 Å². The van der Waals surface area contributed by atoms with Crippen molar-refractivity contribution in [3.63, 3.8) is 0 Å². The Morgan fingerprint density at radius 1 is 0.857 bits per heavy atom. The van der Waals surface area contributed by atoms with Gasteiger partial charge in [0.05, 0.1) is 37.6 Å². The number of aliphatic hydroxyl groups excluding tert-OH is 6. The highest BCUT2D eigenvalue weighted by Crippen LogP contribution is 2.27. The van der Waals surface area contributed by atoms with Crippen molar-refractivity contribution in [3.8, 4) is 0 Å². The van der Waals surface area contributed by atoms with Gasteiger partial charge in [-0.1, -0.05) is 0 Å². The van der Waals surface area contributed by atoms with E-state index in [1.807, 2.05) is 0 Å². The van der Waals surface area contributed by atoms with Gasteiger partial charge in [-0.15, -0.1) is 0 Å². The van der Waals surface area contributed by atoms with Crippen LogP contribution in [0.4, 0.5) is 0 Å². The first-order valence-electron chi connectivity index (χ1n) is 6.86. The van der Waals surface area contributed by atoms with Gasteiger partial charge >= 0.3 is 0 Å². The molecule has 9 heteroatoms. The maximum Gasteiger partial charge on any atom is 0.187 e. The molecule has 9 nitrogen and oxygen atoms in total. The van der Waals surface area contributed by atoms with Crippen LogP contribution >= 0.6 is 0 Å². The topological polar surface area (TPSA) is 149 Å². The maximum absolute atomic E-state index is 9.92.